The standard InChI is InChI=1S/C28H30N6O2/c1-34-17-9-8-14-24(34)25(19-10-4-2-5-11-19)30-28(36)29-21-15-16-23-22(18-21)26(33-32-23)31-27(35)20-12-6-3-7-13-20/h2-7,10-13,15-16,18,24-25H,8-9,14,17H2,1H3,(H2,29,30,36)(H2,31,32,33,35)/t24-,25?/m1/s1. The van der Waals surface area contributed by atoms with Crippen LogP contribution < -0.4 is 16.0 Å². The summed E-state index contributed by atoms with van der Waals surface area (Å²) in [5.74, 6) is 0.163. The lowest BCUT2D eigenvalue weighted by Crippen LogP contribution is -2.47. The Morgan fingerprint density at radius 1 is 0.972 bits per heavy atom. The fourth-order valence-corrected chi connectivity index (χ4v) is 4.85. The molecule has 4 N–H and O–H groups in total. The normalized spacial score (nSPS) is 16.9. The smallest absolute Gasteiger partial charge is 0.319 e. The number of rotatable bonds is 6. The number of benzene rings is 3. The molecule has 0 bridgehead atoms. The van der Waals surface area contributed by atoms with Gasteiger partial charge in [0.25, 0.3) is 5.91 Å². The lowest BCUT2D eigenvalue weighted by Gasteiger charge is -2.38. The number of carbonyl (C=O) groups is 2. The minimum Gasteiger partial charge on any atom is -0.329 e. The molecular weight excluding hydrogens is 452 g/mol. The number of anilines is 2. The van der Waals surface area contributed by atoms with E-state index < -0.39 is 0 Å². The lowest BCUT2D eigenvalue weighted by atomic mass is 9.91. The fourth-order valence-electron chi connectivity index (χ4n) is 4.85. The van der Waals surface area contributed by atoms with E-state index in [1.165, 1.54) is 6.42 Å². The van der Waals surface area contributed by atoms with Gasteiger partial charge in [0, 0.05) is 22.7 Å². The molecule has 0 saturated carbocycles. The van der Waals surface area contributed by atoms with Crippen LogP contribution in [0.2, 0.25) is 0 Å². The molecule has 1 fully saturated rings. The molecule has 184 valence electrons. The van der Waals surface area contributed by atoms with Crippen molar-refractivity contribution >= 4 is 34.3 Å². The van der Waals surface area contributed by atoms with Gasteiger partial charge in [0.05, 0.1) is 11.6 Å². The summed E-state index contributed by atoms with van der Waals surface area (Å²) in [6.45, 7) is 1.02. The number of amides is 3. The zero-order chi connectivity index (χ0) is 24.9. The van der Waals surface area contributed by atoms with Gasteiger partial charge >= 0.3 is 6.03 Å². The second-order valence-electron chi connectivity index (χ2n) is 9.18. The maximum absolute atomic E-state index is 13.1. The predicted molar refractivity (Wildman–Crippen MR) is 142 cm³/mol. The third kappa shape index (κ3) is 5.23. The molecule has 1 aliphatic heterocycles. The molecule has 1 aliphatic rings. The number of likely N-dealkylation sites (N-methyl/N-ethyl adjacent to an activating group) is 1. The van der Waals surface area contributed by atoms with Gasteiger partial charge in [-0.15, -0.1) is 0 Å². The number of hydrogen-bond acceptors (Lipinski definition) is 4. The van der Waals surface area contributed by atoms with Gasteiger partial charge < -0.3 is 20.9 Å². The van der Waals surface area contributed by atoms with Crippen LogP contribution in [0.25, 0.3) is 10.9 Å². The van der Waals surface area contributed by atoms with Crippen molar-refractivity contribution in [2.75, 3.05) is 24.2 Å². The third-order valence-electron chi connectivity index (χ3n) is 6.75. The number of nitrogens with zero attached hydrogens (tertiary/aromatic N) is 2. The summed E-state index contributed by atoms with van der Waals surface area (Å²) in [7, 11) is 2.12. The summed E-state index contributed by atoms with van der Waals surface area (Å²) in [6.07, 6.45) is 3.35. The Hall–Kier alpha value is -4.17. The van der Waals surface area contributed by atoms with Crippen LogP contribution in [-0.2, 0) is 0 Å². The SMILES string of the molecule is CN1CCCC[C@@H]1C(NC(=O)Nc1ccc2[nH]nc(NC(=O)c3ccccc3)c2c1)c1ccccc1. The molecule has 8 nitrogen and oxygen atoms in total. The van der Waals surface area contributed by atoms with Gasteiger partial charge in [-0.2, -0.15) is 5.10 Å². The molecule has 5 rings (SSSR count). The summed E-state index contributed by atoms with van der Waals surface area (Å²) in [5, 5.41) is 16.9. The maximum Gasteiger partial charge on any atom is 0.319 e. The molecule has 4 aromatic rings. The highest BCUT2D eigenvalue weighted by Gasteiger charge is 2.30. The molecule has 0 aliphatic carbocycles. The van der Waals surface area contributed by atoms with Crippen molar-refractivity contribution < 1.29 is 9.59 Å². The number of nitrogens with one attached hydrogen (secondary N) is 4. The maximum atomic E-state index is 13.1. The van der Waals surface area contributed by atoms with E-state index in [1.807, 2.05) is 54.6 Å². The first-order valence-electron chi connectivity index (χ1n) is 12.3. The van der Waals surface area contributed by atoms with Gasteiger partial charge in [0.15, 0.2) is 5.82 Å². The third-order valence-corrected chi connectivity index (χ3v) is 6.75. The van der Waals surface area contributed by atoms with Gasteiger partial charge in [-0.1, -0.05) is 55.0 Å². The van der Waals surface area contributed by atoms with E-state index in [4.69, 9.17) is 0 Å². The van der Waals surface area contributed by atoms with Gasteiger partial charge in [0.2, 0.25) is 0 Å². The van der Waals surface area contributed by atoms with Crippen molar-refractivity contribution in [3.8, 4) is 0 Å². The number of urea groups is 1. The van der Waals surface area contributed by atoms with Crippen LogP contribution in [0, 0.1) is 0 Å². The van der Waals surface area contributed by atoms with Crippen LogP contribution in [0.4, 0.5) is 16.3 Å². The molecule has 1 unspecified atom stereocenters. The van der Waals surface area contributed by atoms with Gasteiger partial charge in [0.1, 0.15) is 0 Å². The number of carbonyl (C=O) groups excluding carboxylic acids is 2. The number of likely N-dealkylation sites (tertiary alicyclic amines) is 1. The molecule has 36 heavy (non-hydrogen) atoms. The van der Waals surface area contributed by atoms with Crippen LogP contribution in [0.5, 0.6) is 0 Å². The zero-order valence-corrected chi connectivity index (χ0v) is 20.2. The molecule has 1 saturated heterocycles. The summed E-state index contributed by atoms with van der Waals surface area (Å²) in [5.41, 5.74) is 3.00. The Labute approximate surface area is 210 Å². The van der Waals surface area contributed by atoms with Crippen LogP contribution >= 0.6 is 0 Å². The first-order chi connectivity index (χ1) is 17.6. The van der Waals surface area contributed by atoms with Crippen LogP contribution in [-0.4, -0.2) is 46.7 Å². The van der Waals surface area contributed by atoms with E-state index in [2.05, 4.69) is 50.2 Å². The Morgan fingerprint density at radius 2 is 1.72 bits per heavy atom. The Kier molecular flexibility index (Phi) is 6.95. The minimum atomic E-state index is -0.277. The first kappa shape index (κ1) is 23.6. The second-order valence-corrected chi connectivity index (χ2v) is 9.18. The first-order valence-corrected chi connectivity index (χ1v) is 12.3. The molecule has 0 spiro atoms. The molecule has 3 aromatic carbocycles. The van der Waals surface area contributed by atoms with Gasteiger partial charge in [-0.3, -0.25) is 9.89 Å². The zero-order valence-electron chi connectivity index (χ0n) is 20.2. The monoisotopic (exact) mass is 482 g/mol. The fraction of sp³-hybridized carbons (Fsp3) is 0.250. The number of hydrogen-bond donors (Lipinski definition) is 4. The predicted octanol–water partition coefficient (Wildman–Crippen LogP) is 5.16. The molecule has 8 heteroatoms. The van der Waals surface area contributed by atoms with Crippen molar-refractivity contribution in [1.82, 2.24) is 20.4 Å². The summed E-state index contributed by atoms with van der Waals surface area (Å²) < 4.78 is 0. The molecule has 0 radical (unpaired) electrons. The Morgan fingerprint density at radius 3 is 2.47 bits per heavy atom. The van der Waals surface area contributed by atoms with Crippen LogP contribution in [0.3, 0.4) is 0 Å². The highest BCUT2D eigenvalue weighted by atomic mass is 16.2. The second kappa shape index (κ2) is 10.6. The minimum absolute atomic E-state index is 0.130. The number of H-pyrrole nitrogens is 1. The quantitative estimate of drug-likeness (QED) is 0.305. The van der Waals surface area contributed by atoms with E-state index in [0.717, 1.165) is 30.5 Å². The van der Waals surface area contributed by atoms with Crippen LogP contribution in [0.1, 0.15) is 41.2 Å². The molecule has 3 amide bonds. The highest BCUT2D eigenvalue weighted by Crippen LogP contribution is 2.29. The molecule has 1 aromatic heterocycles. The van der Waals surface area contributed by atoms with Gasteiger partial charge in [-0.05, 0) is 62.3 Å². The number of fused-ring (bicyclic) bond motifs is 1. The van der Waals surface area contributed by atoms with E-state index in [0.29, 0.717) is 22.5 Å². The Balaban J connectivity index is 1.33. The van der Waals surface area contributed by atoms with Crippen LogP contribution in [0.15, 0.2) is 78.9 Å². The molecular formula is C28H30N6O2. The molecule has 2 heterocycles. The summed E-state index contributed by atoms with van der Waals surface area (Å²) in [6, 6.07) is 24.4. The van der Waals surface area contributed by atoms with E-state index in [9.17, 15) is 9.59 Å². The van der Waals surface area contributed by atoms with E-state index in [-0.39, 0.29) is 24.0 Å². The van der Waals surface area contributed by atoms with Gasteiger partial charge in [-0.25, -0.2) is 4.79 Å². The Bertz CT molecular complexity index is 1340. The lowest BCUT2D eigenvalue weighted by molar-refractivity contribution is 0.102. The van der Waals surface area contributed by atoms with E-state index >= 15 is 0 Å². The number of aromatic amines is 1. The van der Waals surface area contributed by atoms with Crippen molar-refractivity contribution in [2.24, 2.45) is 0 Å². The van der Waals surface area contributed by atoms with Crippen molar-refractivity contribution in [3.05, 3.63) is 90.0 Å². The average Bonchev–Trinajstić information content (AvgIpc) is 3.30. The summed E-state index contributed by atoms with van der Waals surface area (Å²) in [4.78, 5) is 28.1. The average molecular weight is 483 g/mol. The molecule has 2 atom stereocenters. The summed E-state index contributed by atoms with van der Waals surface area (Å²) >= 11 is 0. The van der Waals surface area contributed by atoms with E-state index in [1.54, 1.807) is 12.1 Å². The topological polar surface area (TPSA) is 102 Å². The largest absolute Gasteiger partial charge is 0.329 e. The van der Waals surface area contributed by atoms with Crippen molar-refractivity contribution in [3.63, 3.8) is 0 Å². The van der Waals surface area contributed by atoms with Crippen molar-refractivity contribution in [2.45, 2.75) is 31.3 Å². The number of piperidine rings is 1. The highest BCUT2D eigenvalue weighted by molar-refractivity contribution is 6.08. The van der Waals surface area contributed by atoms with Crippen molar-refractivity contribution in [1.29, 1.82) is 0 Å². The number of aromatic nitrogens is 2.